The summed E-state index contributed by atoms with van der Waals surface area (Å²) in [4.78, 5) is 24.6. The lowest BCUT2D eigenvalue weighted by Crippen LogP contribution is -2.50. The van der Waals surface area contributed by atoms with Crippen LogP contribution in [0.4, 0.5) is 16.4 Å². The second-order valence-corrected chi connectivity index (χ2v) is 6.40. The van der Waals surface area contributed by atoms with Crippen LogP contribution in [0.25, 0.3) is 0 Å². The van der Waals surface area contributed by atoms with Gasteiger partial charge in [-0.3, -0.25) is 0 Å². The Kier molecular flexibility index (Phi) is 4.97. The second-order valence-electron chi connectivity index (χ2n) is 5.08. The number of rotatable bonds is 2. The first-order valence-corrected chi connectivity index (χ1v) is 8.33. The molecule has 1 aromatic heterocycles. The Hall–Kier alpha value is -1.86. The van der Waals surface area contributed by atoms with Crippen LogP contribution in [0, 0.1) is 0 Å². The van der Waals surface area contributed by atoms with E-state index in [2.05, 4.69) is 36.1 Å². The largest absolute Gasteiger partial charge is 0.337 e. The average molecular weight is 397 g/mol. The second kappa shape index (κ2) is 7.14. The molecule has 120 valence electrons. The number of carbonyl (C=O) groups is 1. The molecular formula is C15H15BrClN5O. The lowest BCUT2D eigenvalue weighted by atomic mass is 10.3. The van der Waals surface area contributed by atoms with Gasteiger partial charge in [-0.1, -0.05) is 27.5 Å². The van der Waals surface area contributed by atoms with Gasteiger partial charge in [-0.15, -0.1) is 0 Å². The van der Waals surface area contributed by atoms with Gasteiger partial charge in [0, 0.05) is 43.0 Å². The maximum Gasteiger partial charge on any atom is 0.322 e. The average Bonchev–Trinajstić information content (AvgIpc) is 2.58. The smallest absolute Gasteiger partial charge is 0.322 e. The number of anilines is 2. The highest BCUT2D eigenvalue weighted by atomic mass is 79.9. The van der Waals surface area contributed by atoms with Crippen LogP contribution in [0.5, 0.6) is 0 Å². The highest BCUT2D eigenvalue weighted by molar-refractivity contribution is 9.10. The third-order valence-corrected chi connectivity index (χ3v) is 4.38. The Balaban J connectivity index is 1.58. The maximum atomic E-state index is 12.3. The van der Waals surface area contributed by atoms with Gasteiger partial charge in [-0.05, 0) is 24.3 Å². The molecule has 0 unspecified atom stereocenters. The van der Waals surface area contributed by atoms with Gasteiger partial charge in [0.1, 0.15) is 0 Å². The minimum atomic E-state index is -0.150. The van der Waals surface area contributed by atoms with Gasteiger partial charge in [0.15, 0.2) is 0 Å². The first-order chi connectivity index (χ1) is 11.1. The molecular weight excluding hydrogens is 382 g/mol. The van der Waals surface area contributed by atoms with Crippen LogP contribution in [-0.4, -0.2) is 47.1 Å². The summed E-state index contributed by atoms with van der Waals surface area (Å²) in [6.07, 6.45) is 3.44. The molecule has 2 heterocycles. The summed E-state index contributed by atoms with van der Waals surface area (Å²) in [5.74, 6) is 0.698. The summed E-state index contributed by atoms with van der Waals surface area (Å²) in [7, 11) is 0. The SMILES string of the molecule is O=C(Nc1ccc(Br)cc1Cl)N1CCN(c2ncccn2)CC1. The minimum absolute atomic E-state index is 0.150. The molecule has 0 radical (unpaired) electrons. The zero-order chi connectivity index (χ0) is 16.2. The number of carbonyl (C=O) groups excluding carboxylic acids is 1. The fourth-order valence-electron chi connectivity index (χ4n) is 2.35. The summed E-state index contributed by atoms with van der Waals surface area (Å²) < 4.78 is 0.872. The molecule has 1 aliphatic heterocycles. The summed E-state index contributed by atoms with van der Waals surface area (Å²) >= 11 is 9.47. The van der Waals surface area contributed by atoms with E-state index in [1.54, 1.807) is 35.5 Å². The molecule has 2 aromatic rings. The van der Waals surface area contributed by atoms with E-state index in [1.165, 1.54) is 0 Å². The van der Waals surface area contributed by atoms with Crippen LogP contribution in [-0.2, 0) is 0 Å². The molecule has 0 spiro atoms. The fourth-order valence-corrected chi connectivity index (χ4v) is 3.07. The molecule has 1 aromatic carbocycles. The minimum Gasteiger partial charge on any atom is -0.337 e. The van der Waals surface area contributed by atoms with E-state index in [4.69, 9.17) is 11.6 Å². The molecule has 23 heavy (non-hydrogen) atoms. The number of benzene rings is 1. The normalized spacial score (nSPS) is 14.7. The Labute approximate surface area is 147 Å². The number of hydrogen-bond donors (Lipinski definition) is 1. The quantitative estimate of drug-likeness (QED) is 0.846. The number of urea groups is 1. The summed E-state index contributed by atoms with van der Waals surface area (Å²) in [5, 5.41) is 3.35. The zero-order valence-electron chi connectivity index (χ0n) is 12.2. The molecule has 1 fully saturated rings. The van der Waals surface area contributed by atoms with Crippen molar-refractivity contribution in [1.82, 2.24) is 14.9 Å². The Morgan fingerprint density at radius 3 is 2.52 bits per heavy atom. The van der Waals surface area contributed by atoms with Gasteiger partial charge < -0.3 is 15.1 Å². The highest BCUT2D eigenvalue weighted by Gasteiger charge is 2.22. The van der Waals surface area contributed by atoms with Crippen LogP contribution in [0.15, 0.2) is 41.1 Å². The molecule has 0 atom stereocenters. The molecule has 0 aliphatic carbocycles. The predicted octanol–water partition coefficient (Wildman–Crippen LogP) is 3.25. The van der Waals surface area contributed by atoms with E-state index in [9.17, 15) is 4.79 Å². The number of nitrogens with one attached hydrogen (secondary N) is 1. The maximum absolute atomic E-state index is 12.3. The van der Waals surface area contributed by atoms with Gasteiger partial charge in [0.2, 0.25) is 5.95 Å². The number of amides is 2. The number of nitrogens with zero attached hydrogens (tertiary/aromatic N) is 4. The monoisotopic (exact) mass is 395 g/mol. The third-order valence-electron chi connectivity index (χ3n) is 3.57. The molecule has 1 N–H and O–H groups in total. The van der Waals surface area contributed by atoms with E-state index in [0.717, 1.165) is 4.47 Å². The van der Waals surface area contributed by atoms with Crippen molar-refractivity contribution in [3.63, 3.8) is 0 Å². The van der Waals surface area contributed by atoms with Crippen LogP contribution in [0.2, 0.25) is 5.02 Å². The highest BCUT2D eigenvalue weighted by Crippen LogP contribution is 2.26. The van der Waals surface area contributed by atoms with Crippen LogP contribution >= 0.6 is 27.5 Å². The van der Waals surface area contributed by atoms with Crippen LogP contribution < -0.4 is 10.2 Å². The van der Waals surface area contributed by atoms with Crippen molar-refractivity contribution < 1.29 is 4.79 Å². The van der Waals surface area contributed by atoms with E-state index in [1.807, 2.05) is 6.07 Å². The number of aromatic nitrogens is 2. The lowest BCUT2D eigenvalue weighted by molar-refractivity contribution is 0.208. The number of halogens is 2. The molecule has 2 amide bonds. The van der Waals surface area contributed by atoms with Crippen molar-refractivity contribution in [3.8, 4) is 0 Å². The first kappa shape index (κ1) is 16.0. The molecule has 1 aliphatic rings. The van der Waals surface area contributed by atoms with Crippen molar-refractivity contribution in [3.05, 3.63) is 46.2 Å². The van der Waals surface area contributed by atoms with Gasteiger partial charge in [-0.2, -0.15) is 0 Å². The van der Waals surface area contributed by atoms with Gasteiger partial charge in [0.05, 0.1) is 10.7 Å². The van der Waals surface area contributed by atoms with Crippen LogP contribution in [0.3, 0.4) is 0 Å². The van der Waals surface area contributed by atoms with E-state index >= 15 is 0 Å². The zero-order valence-corrected chi connectivity index (χ0v) is 14.6. The van der Waals surface area contributed by atoms with Crippen LogP contribution in [0.1, 0.15) is 0 Å². The standard InChI is InChI=1S/C15H15BrClN5O/c16-11-2-3-13(12(17)10-11)20-15(23)22-8-6-21(7-9-22)14-18-4-1-5-19-14/h1-5,10H,6-9H2,(H,20,23). The molecule has 1 saturated heterocycles. The molecule has 8 heteroatoms. The molecule has 6 nitrogen and oxygen atoms in total. The summed E-state index contributed by atoms with van der Waals surface area (Å²) in [5.41, 5.74) is 0.605. The van der Waals surface area contributed by atoms with Crippen molar-refractivity contribution in [1.29, 1.82) is 0 Å². The Morgan fingerprint density at radius 2 is 1.87 bits per heavy atom. The van der Waals surface area contributed by atoms with Crippen molar-refractivity contribution >= 4 is 45.2 Å². The van der Waals surface area contributed by atoms with Crippen molar-refractivity contribution in [2.75, 3.05) is 36.4 Å². The molecule has 0 bridgehead atoms. The van der Waals surface area contributed by atoms with Gasteiger partial charge in [0.25, 0.3) is 0 Å². The van der Waals surface area contributed by atoms with Gasteiger partial charge in [-0.25, -0.2) is 14.8 Å². The number of piperazine rings is 1. The van der Waals surface area contributed by atoms with Gasteiger partial charge >= 0.3 is 6.03 Å². The molecule has 3 rings (SSSR count). The Morgan fingerprint density at radius 1 is 1.17 bits per heavy atom. The number of hydrogen-bond acceptors (Lipinski definition) is 4. The van der Waals surface area contributed by atoms with E-state index < -0.39 is 0 Å². The predicted molar refractivity (Wildman–Crippen MR) is 94.0 cm³/mol. The summed E-state index contributed by atoms with van der Waals surface area (Å²) in [6, 6.07) is 7.00. The Bertz CT molecular complexity index is 692. The summed E-state index contributed by atoms with van der Waals surface area (Å²) in [6.45, 7) is 2.62. The first-order valence-electron chi connectivity index (χ1n) is 7.16. The topological polar surface area (TPSA) is 61.4 Å². The fraction of sp³-hybridized carbons (Fsp3) is 0.267. The molecule has 0 saturated carbocycles. The van der Waals surface area contributed by atoms with Crippen molar-refractivity contribution in [2.45, 2.75) is 0 Å². The lowest BCUT2D eigenvalue weighted by Gasteiger charge is -2.34. The third kappa shape index (κ3) is 3.92. The van der Waals surface area contributed by atoms with E-state index in [-0.39, 0.29) is 6.03 Å². The van der Waals surface area contributed by atoms with Crippen molar-refractivity contribution in [2.24, 2.45) is 0 Å². The van der Waals surface area contributed by atoms with E-state index in [0.29, 0.717) is 42.8 Å².